The molecule has 0 saturated heterocycles. The number of anilines is 1. The molecular weight excluding hydrogens is 244 g/mol. The number of hydrogen-bond acceptors (Lipinski definition) is 4. The van der Waals surface area contributed by atoms with Gasteiger partial charge in [0.15, 0.2) is 0 Å². The van der Waals surface area contributed by atoms with Crippen molar-refractivity contribution in [3.8, 4) is 0 Å². The van der Waals surface area contributed by atoms with Crippen molar-refractivity contribution in [1.82, 2.24) is 19.9 Å². The first-order valence-electron chi connectivity index (χ1n) is 6.04. The van der Waals surface area contributed by atoms with Crippen LogP contribution in [0.5, 0.6) is 0 Å². The average Bonchev–Trinajstić information content (AvgIpc) is 2.53. The van der Waals surface area contributed by atoms with Gasteiger partial charge in [-0.3, -0.25) is 0 Å². The number of carbonyl (C=O) groups excluding carboxylic acids is 1. The number of nitrogens with two attached hydrogens (primary N) is 2. The van der Waals surface area contributed by atoms with E-state index in [2.05, 4.69) is 15.3 Å². The fourth-order valence-corrected chi connectivity index (χ4v) is 2.24. The molecule has 0 aliphatic heterocycles. The molecule has 2 amide bonds. The van der Waals surface area contributed by atoms with Crippen LogP contribution in [0, 0.1) is 20.8 Å². The molecule has 7 heteroatoms. The van der Waals surface area contributed by atoms with E-state index >= 15 is 0 Å². The number of nitrogens with one attached hydrogen (secondary N) is 1. The van der Waals surface area contributed by atoms with Gasteiger partial charge in [0, 0.05) is 18.8 Å². The zero-order valence-electron chi connectivity index (χ0n) is 11.3. The fourth-order valence-electron chi connectivity index (χ4n) is 2.24. The standard InChI is InChI=1S/C12H18N6O/c1-6-7(2)18(5-4-15-12(14)19)11-9(6)10(13)16-8(3)17-11/h4-5H2,1-3H3,(H2,13,16,17)(H3,14,15,19). The highest BCUT2D eigenvalue weighted by Gasteiger charge is 2.15. The predicted octanol–water partition coefficient (Wildman–Crippen LogP) is 0.607. The monoisotopic (exact) mass is 262 g/mol. The van der Waals surface area contributed by atoms with Gasteiger partial charge in [0.2, 0.25) is 0 Å². The lowest BCUT2D eigenvalue weighted by molar-refractivity contribution is 0.248. The van der Waals surface area contributed by atoms with Crippen LogP contribution in [0.25, 0.3) is 11.0 Å². The number of nitrogen functional groups attached to an aromatic ring is 1. The van der Waals surface area contributed by atoms with Crippen LogP contribution in [0.4, 0.5) is 10.6 Å². The molecule has 0 radical (unpaired) electrons. The van der Waals surface area contributed by atoms with Gasteiger partial charge in [-0.1, -0.05) is 0 Å². The highest BCUT2D eigenvalue weighted by molar-refractivity contribution is 5.91. The number of fused-ring (bicyclic) bond motifs is 1. The molecule has 102 valence electrons. The second-order valence-corrected chi connectivity index (χ2v) is 4.51. The average molecular weight is 262 g/mol. The molecular formula is C12H18N6O. The molecule has 0 aliphatic carbocycles. The lowest BCUT2D eigenvalue weighted by atomic mass is 10.2. The molecule has 5 N–H and O–H groups in total. The number of aryl methyl sites for hydroxylation is 2. The highest BCUT2D eigenvalue weighted by atomic mass is 16.2. The molecule has 2 heterocycles. The Morgan fingerprint density at radius 1 is 1.32 bits per heavy atom. The van der Waals surface area contributed by atoms with E-state index in [0.717, 1.165) is 22.3 Å². The fraction of sp³-hybridized carbons (Fsp3) is 0.417. The molecule has 0 spiro atoms. The summed E-state index contributed by atoms with van der Waals surface area (Å²) in [6.45, 7) is 6.83. The first kappa shape index (κ1) is 13.1. The third-order valence-electron chi connectivity index (χ3n) is 3.24. The van der Waals surface area contributed by atoms with Crippen LogP contribution >= 0.6 is 0 Å². The van der Waals surface area contributed by atoms with Gasteiger partial charge in [-0.25, -0.2) is 14.8 Å². The number of urea groups is 1. The van der Waals surface area contributed by atoms with Crippen LogP contribution in [-0.4, -0.2) is 27.1 Å². The van der Waals surface area contributed by atoms with E-state index in [1.807, 2.05) is 18.4 Å². The molecule has 7 nitrogen and oxygen atoms in total. The molecule has 0 saturated carbocycles. The van der Waals surface area contributed by atoms with Gasteiger partial charge in [-0.05, 0) is 26.3 Å². The summed E-state index contributed by atoms with van der Waals surface area (Å²) in [4.78, 5) is 19.3. The molecule has 0 fully saturated rings. The first-order chi connectivity index (χ1) is 8.91. The second kappa shape index (κ2) is 4.75. The van der Waals surface area contributed by atoms with E-state index in [9.17, 15) is 4.79 Å². The molecule has 0 unspecified atom stereocenters. The minimum atomic E-state index is -0.531. The SMILES string of the molecule is Cc1nc(N)c2c(C)c(C)n(CCNC(N)=O)c2n1. The van der Waals surface area contributed by atoms with E-state index in [1.54, 1.807) is 6.92 Å². The van der Waals surface area contributed by atoms with Crippen molar-refractivity contribution < 1.29 is 4.79 Å². The number of aromatic nitrogens is 3. The first-order valence-corrected chi connectivity index (χ1v) is 6.04. The van der Waals surface area contributed by atoms with Crippen molar-refractivity contribution >= 4 is 22.9 Å². The predicted molar refractivity (Wildman–Crippen MR) is 73.7 cm³/mol. The van der Waals surface area contributed by atoms with Crippen molar-refractivity contribution in [2.45, 2.75) is 27.3 Å². The Morgan fingerprint density at radius 3 is 2.63 bits per heavy atom. The summed E-state index contributed by atoms with van der Waals surface area (Å²) in [6, 6.07) is -0.531. The van der Waals surface area contributed by atoms with Crippen LogP contribution < -0.4 is 16.8 Å². The van der Waals surface area contributed by atoms with Crippen molar-refractivity contribution in [3.63, 3.8) is 0 Å². The topological polar surface area (TPSA) is 112 Å². The van der Waals surface area contributed by atoms with Crippen LogP contribution in [0.15, 0.2) is 0 Å². The number of rotatable bonds is 3. The summed E-state index contributed by atoms with van der Waals surface area (Å²) in [6.07, 6.45) is 0. The van der Waals surface area contributed by atoms with Gasteiger partial charge in [-0.15, -0.1) is 0 Å². The number of nitrogens with zero attached hydrogens (tertiary/aromatic N) is 3. The molecule has 0 atom stereocenters. The van der Waals surface area contributed by atoms with Gasteiger partial charge < -0.3 is 21.4 Å². The summed E-state index contributed by atoms with van der Waals surface area (Å²) in [7, 11) is 0. The second-order valence-electron chi connectivity index (χ2n) is 4.51. The van der Waals surface area contributed by atoms with E-state index < -0.39 is 6.03 Å². The van der Waals surface area contributed by atoms with Crippen molar-refractivity contribution in [3.05, 3.63) is 17.1 Å². The van der Waals surface area contributed by atoms with E-state index in [1.165, 1.54) is 0 Å². The van der Waals surface area contributed by atoms with E-state index in [-0.39, 0.29) is 0 Å². The Morgan fingerprint density at radius 2 is 2.00 bits per heavy atom. The zero-order valence-corrected chi connectivity index (χ0v) is 11.3. The third-order valence-corrected chi connectivity index (χ3v) is 3.24. The van der Waals surface area contributed by atoms with Crippen LogP contribution in [0.1, 0.15) is 17.1 Å². The number of amides is 2. The van der Waals surface area contributed by atoms with Crippen molar-refractivity contribution in [1.29, 1.82) is 0 Å². The van der Waals surface area contributed by atoms with E-state index in [4.69, 9.17) is 11.5 Å². The maximum Gasteiger partial charge on any atom is 0.312 e. The minimum absolute atomic E-state index is 0.447. The Balaban J connectivity index is 2.48. The molecule has 2 aromatic rings. The highest BCUT2D eigenvalue weighted by Crippen LogP contribution is 2.27. The zero-order chi connectivity index (χ0) is 14.2. The quantitative estimate of drug-likeness (QED) is 0.752. The maximum absolute atomic E-state index is 10.7. The Labute approximate surface area is 111 Å². The molecule has 0 bridgehead atoms. The van der Waals surface area contributed by atoms with Crippen LogP contribution in [0.2, 0.25) is 0 Å². The Bertz CT molecular complexity index is 645. The number of hydrogen-bond donors (Lipinski definition) is 3. The summed E-state index contributed by atoms with van der Waals surface area (Å²) in [5, 5.41) is 3.44. The summed E-state index contributed by atoms with van der Waals surface area (Å²) >= 11 is 0. The number of carbonyl (C=O) groups is 1. The normalized spacial score (nSPS) is 10.9. The lowest BCUT2D eigenvalue weighted by Gasteiger charge is -2.08. The van der Waals surface area contributed by atoms with Gasteiger partial charge in [0.25, 0.3) is 0 Å². The van der Waals surface area contributed by atoms with Gasteiger partial charge in [-0.2, -0.15) is 0 Å². The third kappa shape index (κ3) is 2.31. The van der Waals surface area contributed by atoms with Gasteiger partial charge >= 0.3 is 6.03 Å². The molecule has 2 aromatic heterocycles. The van der Waals surface area contributed by atoms with E-state index in [0.29, 0.717) is 24.7 Å². The molecule has 19 heavy (non-hydrogen) atoms. The summed E-state index contributed by atoms with van der Waals surface area (Å²) in [5.41, 5.74) is 13.9. The molecule has 2 rings (SSSR count). The lowest BCUT2D eigenvalue weighted by Crippen LogP contribution is -2.32. The summed E-state index contributed by atoms with van der Waals surface area (Å²) in [5.74, 6) is 1.12. The van der Waals surface area contributed by atoms with Crippen molar-refractivity contribution in [2.24, 2.45) is 5.73 Å². The van der Waals surface area contributed by atoms with Crippen LogP contribution in [0.3, 0.4) is 0 Å². The van der Waals surface area contributed by atoms with Crippen molar-refractivity contribution in [2.75, 3.05) is 12.3 Å². The molecule has 0 aliphatic rings. The number of primary amides is 1. The minimum Gasteiger partial charge on any atom is -0.383 e. The molecule has 0 aromatic carbocycles. The Hall–Kier alpha value is -2.31. The van der Waals surface area contributed by atoms with Gasteiger partial charge in [0.1, 0.15) is 17.3 Å². The van der Waals surface area contributed by atoms with Crippen LogP contribution in [-0.2, 0) is 6.54 Å². The van der Waals surface area contributed by atoms with Gasteiger partial charge in [0.05, 0.1) is 5.39 Å². The largest absolute Gasteiger partial charge is 0.383 e. The smallest absolute Gasteiger partial charge is 0.312 e. The maximum atomic E-state index is 10.7. The summed E-state index contributed by atoms with van der Waals surface area (Å²) < 4.78 is 2.02. The Kier molecular flexibility index (Phi) is 3.28.